The van der Waals surface area contributed by atoms with E-state index >= 15 is 0 Å². The van der Waals surface area contributed by atoms with E-state index in [2.05, 4.69) is 15.9 Å². The van der Waals surface area contributed by atoms with Crippen LogP contribution < -0.4 is 9.47 Å². The van der Waals surface area contributed by atoms with Crippen molar-refractivity contribution in [1.82, 2.24) is 0 Å². The number of halogens is 1. The Morgan fingerprint density at radius 2 is 2.07 bits per heavy atom. The van der Waals surface area contributed by atoms with Gasteiger partial charge in [0.1, 0.15) is 0 Å². The van der Waals surface area contributed by atoms with Gasteiger partial charge in [0.05, 0.1) is 11.0 Å². The van der Waals surface area contributed by atoms with E-state index in [1.807, 2.05) is 0 Å². The van der Waals surface area contributed by atoms with Crippen molar-refractivity contribution < 1.29 is 14.4 Å². The van der Waals surface area contributed by atoms with Crippen LogP contribution in [-0.4, -0.2) is 11.7 Å². The molecular formula is C8H6BrNO4. The van der Waals surface area contributed by atoms with E-state index < -0.39 is 4.92 Å². The molecule has 14 heavy (non-hydrogen) atoms. The van der Waals surface area contributed by atoms with Crippen LogP contribution in [0.5, 0.6) is 11.5 Å². The molecule has 0 fully saturated rings. The summed E-state index contributed by atoms with van der Waals surface area (Å²) in [6.07, 6.45) is 0. The predicted molar refractivity (Wildman–Crippen MR) is 51.9 cm³/mol. The van der Waals surface area contributed by atoms with Crippen molar-refractivity contribution >= 4 is 21.6 Å². The summed E-state index contributed by atoms with van der Waals surface area (Å²) in [6, 6.07) is 3.01. The average Bonchev–Trinajstić information content (AvgIpc) is 2.62. The van der Waals surface area contributed by atoms with Gasteiger partial charge in [-0.05, 0) is 6.07 Å². The maximum Gasteiger partial charge on any atom is 0.277 e. The molecule has 0 N–H and O–H groups in total. The van der Waals surface area contributed by atoms with Crippen molar-refractivity contribution in [2.75, 3.05) is 6.79 Å². The Morgan fingerprint density at radius 1 is 1.43 bits per heavy atom. The average molecular weight is 260 g/mol. The first kappa shape index (κ1) is 9.26. The molecule has 2 rings (SSSR count). The minimum Gasteiger partial charge on any atom is -0.454 e. The van der Waals surface area contributed by atoms with Gasteiger partial charge < -0.3 is 9.47 Å². The van der Waals surface area contributed by atoms with Crippen molar-refractivity contribution in [2.24, 2.45) is 0 Å². The second-order valence-electron chi connectivity index (χ2n) is 2.72. The second-order valence-corrected chi connectivity index (χ2v) is 3.29. The first-order valence-electron chi connectivity index (χ1n) is 3.85. The van der Waals surface area contributed by atoms with E-state index in [9.17, 15) is 10.1 Å². The van der Waals surface area contributed by atoms with E-state index in [-0.39, 0.29) is 12.5 Å². The normalized spacial score (nSPS) is 12.9. The Balaban J connectivity index is 2.54. The molecular weight excluding hydrogens is 254 g/mol. The molecule has 0 atom stereocenters. The highest BCUT2D eigenvalue weighted by Gasteiger charge is 2.22. The highest BCUT2D eigenvalue weighted by Crippen LogP contribution is 2.38. The van der Waals surface area contributed by atoms with Crippen LogP contribution in [-0.2, 0) is 5.33 Å². The highest BCUT2D eigenvalue weighted by molar-refractivity contribution is 9.08. The molecule has 0 aliphatic carbocycles. The van der Waals surface area contributed by atoms with Crippen LogP contribution in [0, 0.1) is 10.1 Å². The molecule has 1 aromatic rings. The zero-order valence-corrected chi connectivity index (χ0v) is 8.61. The lowest BCUT2D eigenvalue weighted by Crippen LogP contribution is -1.93. The molecule has 1 aromatic carbocycles. The fraction of sp³-hybridized carbons (Fsp3) is 0.250. The molecule has 0 aromatic heterocycles. The third-order valence-corrected chi connectivity index (χ3v) is 2.52. The monoisotopic (exact) mass is 259 g/mol. The van der Waals surface area contributed by atoms with E-state index in [1.165, 1.54) is 6.07 Å². The number of alkyl halides is 1. The third-order valence-electron chi connectivity index (χ3n) is 1.91. The third kappa shape index (κ3) is 1.41. The number of hydrogen-bond donors (Lipinski definition) is 0. The van der Waals surface area contributed by atoms with Crippen molar-refractivity contribution in [3.05, 3.63) is 27.8 Å². The van der Waals surface area contributed by atoms with Crippen LogP contribution in [0.1, 0.15) is 5.56 Å². The number of ether oxygens (including phenoxy) is 2. The molecule has 5 nitrogen and oxygen atoms in total. The molecule has 0 amide bonds. The van der Waals surface area contributed by atoms with Crippen LogP contribution in [0.4, 0.5) is 5.69 Å². The lowest BCUT2D eigenvalue weighted by molar-refractivity contribution is -0.385. The summed E-state index contributed by atoms with van der Waals surface area (Å²) in [6.45, 7) is 0.123. The van der Waals surface area contributed by atoms with Gasteiger partial charge in [0, 0.05) is 10.9 Å². The Morgan fingerprint density at radius 3 is 2.64 bits per heavy atom. The van der Waals surface area contributed by atoms with Gasteiger partial charge in [-0.2, -0.15) is 0 Å². The molecule has 0 bridgehead atoms. The maximum absolute atomic E-state index is 10.7. The summed E-state index contributed by atoms with van der Waals surface area (Å²) >= 11 is 3.18. The Labute approximate surface area is 87.9 Å². The quantitative estimate of drug-likeness (QED) is 0.464. The number of rotatable bonds is 2. The van der Waals surface area contributed by atoms with Crippen molar-refractivity contribution in [3.8, 4) is 11.5 Å². The van der Waals surface area contributed by atoms with Gasteiger partial charge in [0.2, 0.25) is 6.79 Å². The van der Waals surface area contributed by atoms with E-state index in [0.29, 0.717) is 22.4 Å². The zero-order chi connectivity index (χ0) is 10.1. The van der Waals surface area contributed by atoms with Crippen LogP contribution >= 0.6 is 15.9 Å². The van der Waals surface area contributed by atoms with Gasteiger partial charge in [-0.25, -0.2) is 0 Å². The molecule has 0 saturated heterocycles. The maximum atomic E-state index is 10.7. The van der Waals surface area contributed by atoms with E-state index in [4.69, 9.17) is 9.47 Å². The lowest BCUT2D eigenvalue weighted by Gasteiger charge is -2.00. The Kier molecular flexibility index (Phi) is 2.28. The van der Waals surface area contributed by atoms with Gasteiger partial charge in [-0.3, -0.25) is 10.1 Å². The highest BCUT2D eigenvalue weighted by atomic mass is 79.9. The summed E-state index contributed by atoms with van der Waals surface area (Å²) in [5.41, 5.74) is 0.630. The van der Waals surface area contributed by atoms with Gasteiger partial charge in [0.15, 0.2) is 11.5 Å². The summed E-state index contributed by atoms with van der Waals surface area (Å²) < 4.78 is 10.2. The largest absolute Gasteiger partial charge is 0.454 e. The minimum absolute atomic E-state index is 0.0473. The van der Waals surface area contributed by atoms with E-state index in [1.54, 1.807) is 6.07 Å². The molecule has 0 saturated carbocycles. The first-order valence-corrected chi connectivity index (χ1v) is 4.97. The Hall–Kier alpha value is -1.30. The topological polar surface area (TPSA) is 61.6 Å². The summed E-state index contributed by atoms with van der Waals surface area (Å²) in [7, 11) is 0. The SMILES string of the molecule is O=[N+]([O-])c1cc2c(cc1CBr)OCO2. The summed E-state index contributed by atoms with van der Waals surface area (Å²) in [5, 5.41) is 11.1. The number of nitro groups is 1. The number of benzene rings is 1. The molecule has 74 valence electrons. The fourth-order valence-electron chi connectivity index (χ4n) is 1.25. The molecule has 0 radical (unpaired) electrons. The van der Waals surface area contributed by atoms with Crippen LogP contribution in [0.15, 0.2) is 12.1 Å². The van der Waals surface area contributed by atoms with Gasteiger partial charge >= 0.3 is 0 Å². The Bertz CT molecular complexity index is 393. The van der Waals surface area contributed by atoms with Crippen LogP contribution in [0.2, 0.25) is 0 Å². The summed E-state index contributed by atoms with van der Waals surface area (Å²) in [4.78, 5) is 10.2. The van der Waals surface area contributed by atoms with Crippen molar-refractivity contribution in [1.29, 1.82) is 0 Å². The fourth-order valence-corrected chi connectivity index (χ4v) is 1.70. The minimum atomic E-state index is -0.432. The van der Waals surface area contributed by atoms with Gasteiger partial charge in [0.25, 0.3) is 5.69 Å². The number of fused-ring (bicyclic) bond motifs is 1. The molecule has 6 heteroatoms. The van der Waals surface area contributed by atoms with Crippen molar-refractivity contribution in [2.45, 2.75) is 5.33 Å². The summed E-state index contributed by atoms with van der Waals surface area (Å²) in [5.74, 6) is 0.992. The van der Waals surface area contributed by atoms with Gasteiger partial charge in [-0.15, -0.1) is 0 Å². The number of hydrogen-bond acceptors (Lipinski definition) is 4. The molecule has 0 unspecified atom stereocenters. The number of nitrogens with zero attached hydrogens (tertiary/aromatic N) is 1. The molecule has 1 aliphatic rings. The van der Waals surface area contributed by atoms with Crippen molar-refractivity contribution in [3.63, 3.8) is 0 Å². The smallest absolute Gasteiger partial charge is 0.277 e. The molecule has 1 aliphatic heterocycles. The second kappa shape index (κ2) is 3.45. The number of nitro benzene ring substituents is 1. The van der Waals surface area contributed by atoms with E-state index in [0.717, 1.165) is 0 Å². The molecule has 1 heterocycles. The first-order chi connectivity index (χ1) is 6.72. The van der Waals surface area contributed by atoms with Crippen LogP contribution in [0.25, 0.3) is 0 Å². The standard InChI is InChI=1S/C8H6BrNO4/c9-3-5-1-7-8(14-4-13-7)2-6(5)10(11)12/h1-2H,3-4H2. The van der Waals surface area contributed by atoms with Crippen LogP contribution in [0.3, 0.4) is 0 Å². The van der Waals surface area contributed by atoms with Gasteiger partial charge in [-0.1, -0.05) is 15.9 Å². The lowest BCUT2D eigenvalue weighted by atomic mass is 10.2. The predicted octanol–water partition coefficient (Wildman–Crippen LogP) is 2.22. The molecule has 0 spiro atoms. The zero-order valence-electron chi connectivity index (χ0n) is 7.03.